The molecular weight excluding hydrogens is 923 g/mol. The van der Waals surface area contributed by atoms with Gasteiger partial charge in [-0.2, -0.15) is 0 Å². The number of hydrogen-bond acceptors (Lipinski definition) is 8. The van der Waals surface area contributed by atoms with Gasteiger partial charge >= 0.3 is 0 Å². The van der Waals surface area contributed by atoms with Gasteiger partial charge < -0.3 is 40.3 Å². The lowest BCUT2D eigenvalue weighted by molar-refractivity contribution is -0.302. The minimum Gasteiger partial charge on any atom is -0.394 e. The number of nitrogens with one attached hydrogen (secondary N) is 1. The fraction of sp³-hybridized carbons (Fsp3) is 0.831. The summed E-state index contributed by atoms with van der Waals surface area (Å²) in [4.78, 5) is 13.1. The van der Waals surface area contributed by atoms with E-state index in [0.29, 0.717) is 12.8 Å². The fourth-order valence-corrected chi connectivity index (χ4v) is 9.96. The summed E-state index contributed by atoms with van der Waals surface area (Å²) in [5, 5.41) is 54.8. The third-order valence-corrected chi connectivity index (χ3v) is 14.9. The van der Waals surface area contributed by atoms with Crippen molar-refractivity contribution in [3.05, 3.63) is 60.8 Å². The van der Waals surface area contributed by atoms with Gasteiger partial charge in [0.15, 0.2) is 6.29 Å². The molecule has 1 aliphatic rings. The second-order valence-electron chi connectivity index (χ2n) is 21.8. The molecule has 1 aliphatic heterocycles. The van der Waals surface area contributed by atoms with Crippen LogP contribution in [0.15, 0.2) is 60.8 Å². The van der Waals surface area contributed by atoms with Crippen molar-refractivity contribution in [2.45, 2.75) is 333 Å². The van der Waals surface area contributed by atoms with Crippen LogP contribution in [-0.4, -0.2) is 87.5 Å². The minimum atomic E-state index is -1.56. The lowest BCUT2D eigenvalue weighted by Gasteiger charge is -2.40. The normalized spacial score (nSPS) is 19.4. The minimum absolute atomic E-state index is 0.144. The summed E-state index contributed by atoms with van der Waals surface area (Å²) >= 11 is 0. The van der Waals surface area contributed by atoms with Gasteiger partial charge in [-0.25, -0.2) is 0 Å². The van der Waals surface area contributed by atoms with E-state index in [-0.39, 0.29) is 12.5 Å². The van der Waals surface area contributed by atoms with Gasteiger partial charge in [-0.05, 0) is 57.8 Å². The molecule has 0 aromatic rings. The molecule has 0 bridgehead atoms. The van der Waals surface area contributed by atoms with E-state index in [9.17, 15) is 30.3 Å². The third kappa shape index (κ3) is 42.9. The standard InChI is InChI=1S/C65H119NO8/c1-3-5-7-9-11-13-15-17-19-21-23-25-27-28-29-30-31-33-34-36-38-40-42-44-46-48-50-52-54-59(68)58(57-73-65-64(72)63(71)62(70)60(56-67)74-65)66-61(69)55-53-51-49-47-45-43-41-39-37-35-32-26-24-22-20-18-16-14-12-10-8-6-4-2/h6,8,12,14,18,20,24,26,35,37,58-60,62-65,67-68,70-72H,3-5,7,9-11,13,15-17,19,21-23,25,27-34,36,38-57H2,1-2H3,(H,66,69)/b8-6-,14-12-,20-18-,26-24-,37-35-. The monoisotopic (exact) mass is 1040 g/mol. The van der Waals surface area contributed by atoms with Crippen LogP contribution >= 0.6 is 0 Å². The predicted octanol–water partition coefficient (Wildman–Crippen LogP) is 16.2. The van der Waals surface area contributed by atoms with Crippen molar-refractivity contribution in [1.82, 2.24) is 5.32 Å². The quantitative estimate of drug-likeness (QED) is 0.0261. The summed E-state index contributed by atoms with van der Waals surface area (Å²) in [6.45, 7) is 3.75. The first-order chi connectivity index (χ1) is 36.3. The van der Waals surface area contributed by atoms with Crippen LogP contribution in [0, 0.1) is 0 Å². The van der Waals surface area contributed by atoms with Crippen molar-refractivity contribution in [3.8, 4) is 0 Å². The van der Waals surface area contributed by atoms with Crippen LogP contribution in [0.5, 0.6) is 0 Å². The maximum atomic E-state index is 13.1. The Balaban J connectivity index is 2.17. The summed E-state index contributed by atoms with van der Waals surface area (Å²) in [6, 6.07) is -0.730. The highest BCUT2D eigenvalue weighted by Gasteiger charge is 2.44. The highest BCUT2D eigenvalue weighted by Crippen LogP contribution is 2.23. The van der Waals surface area contributed by atoms with Gasteiger partial charge in [-0.3, -0.25) is 4.79 Å². The van der Waals surface area contributed by atoms with Gasteiger partial charge in [0.05, 0.1) is 25.4 Å². The molecule has 0 spiro atoms. The van der Waals surface area contributed by atoms with E-state index in [1.54, 1.807) is 0 Å². The van der Waals surface area contributed by atoms with Crippen molar-refractivity contribution in [2.75, 3.05) is 13.2 Å². The first-order valence-corrected chi connectivity index (χ1v) is 31.5. The predicted molar refractivity (Wildman–Crippen MR) is 313 cm³/mol. The van der Waals surface area contributed by atoms with Gasteiger partial charge in [0.1, 0.15) is 24.4 Å². The third-order valence-electron chi connectivity index (χ3n) is 14.9. The number of carbonyl (C=O) groups is 1. The molecule has 0 aromatic carbocycles. The summed E-state index contributed by atoms with van der Waals surface area (Å²) in [6.07, 6.45) is 66.9. The van der Waals surface area contributed by atoms with E-state index < -0.39 is 49.5 Å². The number of ether oxygens (including phenoxy) is 2. The molecule has 0 radical (unpaired) electrons. The van der Waals surface area contributed by atoms with Crippen LogP contribution in [0.4, 0.5) is 0 Å². The first-order valence-electron chi connectivity index (χ1n) is 31.5. The molecular formula is C65H119NO8. The van der Waals surface area contributed by atoms with Crippen LogP contribution in [0.25, 0.3) is 0 Å². The molecule has 9 nitrogen and oxygen atoms in total. The largest absolute Gasteiger partial charge is 0.394 e. The molecule has 74 heavy (non-hydrogen) atoms. The van der Waals surface area contributed by atoms with E-state index in [1.165, 1.54) is 180 Å². The Kier molecular flexibility index (Phi) is 51.3. The molecule has 9 heteroatoms. The molecule has 1 saturated heterocycles. The molecule has 1 heterocycles. The summed E-state index contributed by atoms with van der Waals surface area (Å²) < 4.78 is 11.3. The van der Waals surface area contributed by atoms with Crippen molar-refractivity contribution in [1.29, 1.82) is 0 Å². The fourth-order valence-electron chi connectivity index (χ4n) is 9.96. The molecule has 7 unspecified atom stereocenters. The molecule has 1 fully saturated rings. The van der Waals surface area contributed by atoms with E-state index in [1.807, 2.05) is 0 Å². The zero-order chi connectivity index (χ0) is 53.6. The Hall–Kier alpha value is -2.11. The Bertz CT molecular complexity index is 1350. The average Bonchev–Trinajstić information content (AvgIpc) is 3.40. The summed E-state index contributed by atoms with van der Waals surface area (Å²) in [7, 11) is 0. The highest BCUT2D eigenvalue weighted by molar-refractivity contribution is 5.76. The Morgan fingerprint density at radius 2 is 0.838 bits per heavy atom. The Morgan fingerprint density at radius 1 is 0.473 bits per heavy atom. The van der Waals surface area contributed by atoms with Gasteiger partial charge in [-0.15, -0.1) is 0 Å². The van der Waals surface area contributed by atoms with E-state index in [4.69, 9.17) is 9.47 Å². The first kappa shape index (κ1) is 69.9. The molecule has 1 rings (SSSR count). The number of hydrogen-bond donors (Lipinski definition) is 6. The van der Waals surface area contributed by atoms with Gasteiger partial charge in [-0.1, -0.05) is 286 Å². The van der Waals surface area contributed by atoms with E-state index in [0.717, 1.165) is 83.5 Å². The van der Waals surface area contributed by atoms with Crippen molar-refractivity contribution in [3.63, 3.8) is 0 Å². The van der Waals surface area contributed by atoms with Gasteiger partial charge in [0.2, 0.25) is 5.91 Å². The topological polar surface area (TPSA) is 149 Å². The van der Waals surface area contributed by atoms with Crippen molar-refractivity contribution >= 4 is 5.91 Å². The zero-order valence-corrected chi connectivity index (χ0v) is 48.1. The van der Waals surface area contributed by atoms with Gasteiger partial charge in [0.25, 0.3) is 0 Å². The number of carbonyl (C=O) groups excluding carboxylic acids is 1. The van der Waals surface area contributed by atoms with Crippen molar-refractivity contribution < 1.29 is 39.8 Å². The van der Waals surface area contributed by atoms with Crippen LogP contribution in [0.3, 0.4) is 0 Å². The zero-order valence-electron chi connectivity index (χ0n) is 48.1. The second-order valence-corrected chi connectivity index (χ2v) is 21.8. The van der Waals surface area contributed by atoms with Crippen LogP contribution in [-0.2, 0) is 14.3 Å². The molecule has 1 amide bonds. The van der Waals surface area contributed by atoms with Gasteiger partial charge in [0, 0.05) is 6.42 Å². The Morgan fingerprint density at radius 3 is 1.24 bits per heavy atom. The van der Waals surface area contributed by atoms with E-state index >= 15 is 0 Å². The smallest absolute Gasteiger partial charge is 0.220 e. The lowest BCUT2D eigenvalue weighted by Crippen LogP contribution is -2.60. The maximum Gasteiger partial charge on any atom is 0.220 e. The number of rotatable bonds is 54. The number of amides is 1. The summed E-state index contributed by atoms with van der Waals surface area (Å²) in [5.41, 5.74) is 0. The second kappa shape index (κ2) is 54.3. The number of aliphatic hydroxyl groups excluding tert-OH is 5. The highest BCUT2D eigenvalue weighted by atomic mass is 16.7. The van der Waals surface area contributed by atoms with Crippen molar-refractivity contribution in [2.24, 2.45) is 0 Å². The molecule has 0 aliphatic carbocycles. The number of unbranched alkanes of at least 4 members (excludes halogenated alkanes) is 34. The average molecular weight is 1040 g/mol. The molecule has 0 aromatic heterocycles. The van der Waals surface area contributed by atoms with Crippen LogP contribution < -0.4 is 5.32 Å². The molecule has 432 valence electrons. The molecule has 7 atom stereocenters. The molecule has 6 N–H and O–H groups in total. The maximum absolute atomic E-state index is 13.1. The lowest BCUT2D eigenvalue weighted by atomic mass is 9.99. The van der Waals surface area contributed by atoms with E-state index in [2.05, 4.69) is 79.9 Å². The SMILES string of the molecule is CC/C=C\C/C=C\C/C=C\C/C=C\C/C=C\CCCCCCCCCC(=O)NC(COC1OC(CO)C(O)C(O)C1O)C(O)CCCCCCCCCCCCCCCCCCCCCCCCCCCCCC. The molecule has 0 saturated carbocycles. The Labute approximate surface area is 456 Å². The van der Waals surface area contributed by atoms with Crippen LogP contribution in [0.2, 0.25) is 0 Å². The number of allylic oxidation sites excluding steroid dienone is 10. The number of aliphatic hydroxyl groups is 5. The summed E-state index contributed by atoms with van der Waals surface area (Å²) in [5.74, 6) is -0.154. The van der Waals surface area contributed by atoms with Crippen LogP contribution in [0.1, 0.15) is 290 Å².